The highest BCUT2D eigenvalue weighted by molar-refractivity contribution is 7.89. The molecule has 0 spiro atoms. The molecule has 1 fully saturated rings. The third-order valence-electron chi connectivity index (χ3n) is 4.34. The summed E-state index contributed by atoms with van der Waals surface area (Å²) in [5.74, 6) is -0.494. The van der Waals surface area contributed by atoms with Crippen LogP contribution in [0, 0.1) is 21.4 Å². The molecule has 1 aromatic rings. The number of hydrogen-bond acceptors (Lipinski definition) is 5. The Morgan fingerprint density at radius 3 is 2.29 bits per heavy atom. The highest BCUT2D eigenvalue weighted by Crippen LogP contribution is 2.46. The number of nitro groups is 1. The molecule has 0 aliphatic heterocycles. The van der Waals surface area contributed by atoms with Gasteiger partial charge in [0.15, 0.2) is 0 Å². The van der Waals surface area contributed by atoms with Crippen LogP contribution in [-0.4, -0.2) is 19.2 Å². The lowest BCUT2D eigenvalue weighted by Crippen LogP contribution is -2.48. The van der Waals surface area contributed by atoms with Gasteiger partial charge in [0.05, 0.1) is 16.1 Å². The molecule has 0 radical (unpaired) electrons. The molecule has 0 unspecified atom stereocenters. The average molecular weight is 354 g/mol. The van der Waals surface area contributed by atoms with Gasteiger partial charge in [-0.25, -0.2) is 8.42 Å². The molecule has 0 heterocycles. The van der Waals surface area contributed by atoms with Crippen LogP contribution in [0.4, 0.5) is 5.69 Å². The van der Waals surface area contributed by atoms with E-state index in [1.165, 1.54) is 24.3 Å². The number of sulfonamides is 1. The number of carbonyl (C=O) groups excluding carboxylic acids is 1. The van der Waals surface area contributed by atoms with Crippen LogP contribution >= 0.6 is 0 Å². The smallest absolute Gasteiger partial charge is 0.269 e. The Balaban J connectivity index is 2.05. The van der Waals surface area contributed by atoms with Crippen molar-refractivity contribution in [3.05, 3.63) is 39.9 Å². The molecule has 1 aliphatic rings. The largest absolute Gasteiger partial charge is 0.273 e. The summed E-state index contributed by atoms with van der Waals surface area (Å²) < 4.78 is 26.7. The Kier molecular flexibility index (Phi) is 5.27. The van der Waals surface area contributed by atoms with Crippen LogP contribution in [0.2, 0.25) is 0 Å². The first-order valence-electron chi connectivity index (χ1n) is 7.92. The fraction of sp³-hybridized carbons (Fsp3) is 0.562. The van der Waals surface area contributed by atoms with Crippen LogP contribution in [0.5, 0.6) is 0 Å². The van der Waals surface area contributed by atoms with E-state index in [9.17, 15) is 23.3 Å². The van der Waals surface area contributed by atoms with E-state index in [1.54, 1.807) is 0 Å². The lowest BCUT2D eigenvalue weighted by atomic mass is 9.64. The van der Waals surface area contributed by atoms with Crippen LogP contribution in [0.3, 0.4) is 0 Å². The maximum Gasteiger partial charge on any atom is 0.269 e. The van der Waals surface area contributed by atoms with Gasteiger partial charge in [0.1, 0.15) is 0 Å². The second-order valence-corrected chi connectivity index (χ2v) is 8.57. The van der Waals surface area contributed by atoms with Crippen molar-refractivity contribution in [3.8, 4) is 0 Å². The minimum absolute atomic E-state index is 0.106. The SMILES string of the molecule is CC(C)CC1(C(=O)NS(=O)(=O)Cc2ccc([N+](=O)[O-])cc2)CCC1. The number of nitrogens with zero attached hydrogens (tertiary/aromatic N) is 1. The number of carbonyl (C=O) groups is 1. The maximum atomic E-state index is 12.5. The molecule has 0 aromatic heterocycles. The lowest BCUT2D eigenvalue weighted by molar-refractivity contribution is -0.384. The standard InChI is InChI=1S/C16H22N2O5S/c1-12(2)10-16(8-3-9-16)15(19)17-24(22,23)11-13-4-6-14(7-5-13)18(20)21/h4-7,12H,3,8-11H2,1-2H3,(H,17,19). The molecule has 1 saturated carbocycles. The van der Waals surface area contributed by atoms with Crippen LogP contribution in [0.1, 0.15) is 45.1 Å². The van der Waals surface area contributed by atoms with Crippen molar-refractivity contribution < 1.29 is 18.1 Å². The predicted molar refractivity (Wildman–Crippen MR) is 89.6 cm³/mol. The Bertz CT molecular complexity index is 721. The van der Waals surface area contributed by atoms with E-state index in [2.05, 4.69) is 4.72 Å². The Hall–Kier alpha value is -1.96. The number of benzene rings is 1. The summed E-state index contributed by atoms with van der Waals surface area (Å²) in [5, 5.41) is 10.6. The second kappa shape index (κ2) is 6.88. The zero-order valence-corrected chi connectivity index (χ0v) is 14.6. The molecule has 7 nitrogen and oxygen atoms in total. The Labute approximate surface area is 141 Å². The third kappa shape index (κ3) is 4.31. The van der Waals surface area contributed by atoms with E-state index in [4.69, 9.17) is 0 Å². The number of non-ortho nitro benzene ring substituents is 1. The topological polar surface area (TPSA) is 106 Å². The van der Waals surface area contributed by atoms with Gasteiger partial charge in [0, 0.05) is 12.1 Å². The Morgan fingerprint density at radius 2 is 1.88 bits per heavy atom. The first-order valence-corrected chi connectivity index (χ1v) is 9.57. The van der Waals surface area contributed by atoms with Gasteiger partial charge in [0.2, 0.25) is 15.9 Å². The van der Waals surface area contributed by atoms with Crippen molar-refractivity contribution in [1.82, 2.24) is 4.72 Å². The van der Waals surface area contributed by atoms with Crippen molar-refractivity contribution in [1.29, 1.82) is 0 Å². The van der Waals surface area contributed by atoms with Crippen molar-refractivity contribution in [2.45, 2.75) is 45.3 Å². The number of rotatable bonds is 7. The molecule has 1 N–H and O–H groups in total. The Morgan fingerprint density at radius 1 is 1.29 bits per heavy atom. The van der Waals surface area contributed by atoms with E-state index in [0.29, 0.717) is 30.7 Å². The highest BCUT2D eigenvalue weighted by atomic mass is 32.2. The summed E-state index contributed by atoms with van der Waals surface area (Å²) >= 11 is 0. The summed E-state index contributed by atoms with van der Waals surface area (Å²) in [6.07, 6.45) is 3.03. The normalized spacial score (nSPS) is 16.5. The molecule has 8 heteroatoms. The minimum atomic E-state index is -3.83. The number of hydrogen-bond donors (Lipinski definition) is 1. The molecule has 132 valence electrons. The fourth-order valence-electron chi connectivity index (χ4n) is 3.13. The van der Waals surface area contributed by atoms with E-state index < -0.39 is 26.3 Å². The molecule has 0 bridgehead atoms. The quantitative estimate of drug-likeness (QED) is 0.598. The summed E-state index contributed by atoms with van der Waals surface area (Å²) in [6.45, 7) is 4.03. The van der Waals surface area contributed by atoms with Crippen LogP contribution in [0.25, 0.3) is 0 Å². The van der Waals surface area contributed by atoms with E-state index >= 15 is 0 Å². The van der Waals surface area contributed by atoms with Gasteiger partial charge in [0.25, 0.3) is 5.69 Å². The maximum absolute atomic E-state index is 12.5. The van der Waals surface area contributed by atoms with Crippen LogP contribution in [-0.2, 0) is 20.6 Å². The van der Waals surface area contributed by atoms with Gasteiger partial charge in [-0.1, -0.05) is 32.4 Å². The van der Waals surface area contributed by atoms with E-state index in [-0.39, 0.29) is 11.4 Å². The molecular weight excluding hydrogens is 332 g/mol. The predicted octanol–water partition coefficient (Wildman–Crippen LogP) is 2.76. The van der Waals surface area contributed by atoms with Gasteiger partial charge < -0.3 is 0 Å². The minimum Gasteiger partial charge on any atom is -0.273 e. The molecule has 24 heavy (non-hydrogen) atoms. The van der Waals surface area contributed by atoms with Crippen molar-refractivity contribution in [3.63, 3.8) is 0 Å². The number of nitro benzene ring substituents is 1. The summed E-state index contributed by atoms with van der Waals surface area (Å²) in [5.41, 5.74) is -0.283. The number of amides is 1. The number of nitrogens with one attached hydrogen (secondary N) is 1. The zero-order valence-electron chi connectivity index (χ0n) is 13.8. The second-order valence-electron chi connectivity index (χ2n) is 6.85. The molecule has 1 amide bonds. The summed E-state index contributed by atoms with van der Waals surface area (Å²) in [4.78, 5) is 22.5. The summed E-state index contributed by atoms with van der Waals surface area (Å²) in [6, 6.07) is 5.27. The molecule has 2 rings (SSSR count). The fourth-order valence-corrected chi connectivity index (χ4v) is 4.33. The summed E-state index contributed by atoms with van der Waals surface area (Å²) in [7, 11) is -3.83. The zero-order chi connectivity index (χ0) is 18.0. The van der Waals surface area contributed by atoms with Crippen molar-refractivity contribution in [2.75, 3.05) is 0 Å². The van der Waals surface area contributed by atoms with Crippen LogP contribution in [0.15, 0.2) is 24.3 Å². The van der Waals surface area contributed by atoms with Gasteiger partial charge in [-0.3, -0.25) is 19.6 Å². The molecule has 1 aliphatic carbocycles. The van der Waals surface area contributed by atoms with Gasteiger partial charge in [-0.2, -0.15) is 0 Å². The first-order chi connectivity index (χ1) is 11.1. The highest BCUT2D eigenvalue weighted by Gasteiger charge is 2.45. The van der Waals surface area contributed by atoms with Gasteiger partial charge >= 0.3 is 0 Å². The first kappa shape index (κ1) is 18.4. The van der Waals surface area contributed by atoms with Gasteiger partial charge in [-0.05, 0) is 30.7 Å². The molecule has 0 saturated heterocycles. The van der Waals surface area contributed by atoms with Gasteiger partial charge in [-0.15, -0.1) is 0 Å². The van der Waals surface area contributed by atoms with E-state index in [1.807, 2.05) is 13.8 Å². The monoisotopic (exact) mass is 354 g/mol. The molecule has 1 aromatic carbocycles. The molecule has 0 atom stereocenters. The lowest BCUT2D eigenvalue weighted by Gasteiger charge is -2.41. The van der Waals surface area contributed by atoms with E-state index in [0.717, 1.165) is 6.42 Å². The van der Waals surface area contributed by atoms with Crippen molar-refractivity contribution in [2.24, 2.45) is 11.3 Å². The van der Waals surface area contributed by atoms with Crippen LogP contribution < -0.4 is 4.72 Å². The van der Waals surface area contributed by atoms with Crippen molar-refractivity contribution >= 4 is 21.6 Å². The molecular formula is C16H22N2O5S. The third-order valence-corrected chi connectivity index (χ3v) is 5.55. The average Bonchev–Trinajstić information content (AvgIpc) is 2.42.